The van der Waals surface area contributed by atoms with Crippen LogP contribution in [0.2, 0.25) is 0 Å². The van der Waals surface area contributed by atoms with Crippen LogP contribution in [0.3, 0.4) is 0 Å². The minimum atomic E-state index is -1.73. The molecule has 3 fully saturated rings. The average molecular weight is 376 g/mol. The summed E-state index contributed by atoms with van der Waals surface area (Å²) < 4.78 is 0. The molecule has 0 saturated heterocycles. The number of ketones is 3. The first-order chi connectivity index (χ1) is 12.6. The van der Waals surface area contributed by atoms with Gasteiger partial charge in [0.25, 0.3) is 0 Å². The van der Waals surface area contributed by atoms with Gasteiger partial charge in [0.2, 0.25) is 0 Å². The number of hydrogen-bond acceptors (Lipinski definition) is 6. The lowest BCUT2D eigenvalue weighted by atomic mass is 9.45. The Labute approximate surface area is 158 Å². The van der Waals surface area contributed by atoms with Crippen molar-refractivity contribution in [3.63, 3.8) is 0 Å². The highest BCUT2D eigenvalue weighted by atomic mass is 16.3. The topological polar surface area (TPSA) is 112 Å². The maximum atomic E-state index is 13.4. The van der Waals surface area contributed by atoms with Crippen molar-refractivity contribution in [2.45, 2.75) is 64.1 Å². The summed E-state index contributed by atoms with van der Waals surface area (Å²) in [6, 6.07) is 0. The van der Waals surface area contributed by atoms with Crippen LogP contribution in [0.1, 0.15) is 52.4 Å². The van der Waals surface area contributed by atoms with E-state index in [4.69, 9.17) is 0 Å². The van der Waals surface area contributed by atoms with Crippen LogP contribution >= 0.6 is 0 Å². The summed E-state index contributed by atoms with van der Waals surface area (Å²) in [5.74, 6) is -1.56. The molecule has 0 spiro atoms. The second-order valence-corrected chi connectivity index (χ2v) is 9.53. The molecule has 7 atom stereocenters. The van der Waals surface area contributed by atoms with Crippen molar-refractivity contribution in [2.24, 2.45) is 28.6 Å². The van der Waals surface area contributed by atoms with E-state index in [1.165, 1.54) is 0 Å². The Balaban J connectivity index is 1.79. The Hall–Kier alpha value is -1.37. The number of carbonyl (C=O) groups excluding carboxylic acids is 3. The van der Waals surface area contributed by atoms with Crippen molar-refractivity contribution in [1.29, 1.82) is 0 Å². The van der Waals surface area contributed by atoms with Crippen LogP contribution in [0, 0.1) is 28.6 Å². The van der Waals surface area contributed by atoms with Crippen LogP contribution in [0.25, 0.3) is 0 Å². The maximum absolute atomic E-state index is 13.4. The molecule has 6 heteroatoms. The molecule has 0 aromatic rings. The summed E-state index contributed by atoms with van der Waals surface area (Å²) in [4.78, 5) is 37.6. The summed E-state index contributed by atoms with van der Waals surface area (Å²) >= 11 is 0. The van der Waals surface area contributed by atoms with Gasteiger partial charge >= 0.3 is 0 Å². The van der Waals surface area contributed by atoms with Crippen LogP contribution in [-0.4, -0.2) is 51.0 Å². The lowest BCUT2D eigenvalue weighted by Crippen LogP contribution is -2.63. The molecule has 4 aliphatic carbocycles. The van der Waals surface area contributed by atoms with Crippen molar-refractivity contribution in [3.8, 4) is 0 Å². The Morgan fingerprint density at radius 1 is 1.26 bits per heavy atom. The van der Waals surface area contributed by atoms with Gasteiger partial charge in [-0.15, -0.1) is 0 Å². The van der Waals surface area contributed by atoms with Gasteiger partial charge in [0.05, 0.1) is 6.10 Å². The van der Waals surface area contributed by atoms with Gasteiger partial charge in [-0.1, -0.05) is 19.4 Å². The van der Waals surface area contributed by atoms with Gasteiger partial charge in [-0.05, 0) is 49.0 Å². The van der Waals surface area contributed by atoms with Crippen molar-refractivity contribution in [2.75, 3.05) is 6.61 Å². The fourth-order valence-corrected chi connectivity index (χ4v) is 6.93. The van der Waals surface area contributed by atoms with Crippen LogP contribution < -0.4 is 0 Å². The van der Waals surface area contributed by atoms with E-state index in [1.54, 1.807) is 13.0 Å². The Morgan fingerprint density at radius 2 is 1.96 bits per heavy atom. The molecule has 0 aromatic carbocycles. The normalized spacial score (nSPS) is 49.1. The monoisotopic (exact) mass is 376 g/mol. The van der Waals surface area contributed by atoms with E-state index < -0.39 is 40.8 Å². The van der Waals surface area contributed by atoms with Crippen LogP contribution in [0.4, 0.5) is 0 Å². The number of rotatable bonds is 2. The quantitative estimate of drug-likeness (QED) is 0.662. The first kappa shape index (κ1) is 19.0. The van der Waals surface area contributed by atoms with Gasteiger partial charge in [0.15, 0.2) is 11.6 Å². The van der Waals surface area contributed by atoms with Crippen molar-refractivity contribution in [3.05, 3.63) is 11.6 Å². The first-order valence-corrected chi connectivity index (χ1v) is 9.90. The van der Waals surface area contributed by atoms with E-state index in [1.807, 2.05) is 6.92 Å². The minimum Gasteiger partial charge on any atom is -0.392 e. The molecular weight excluding hydrogens is 348 g/mol. The minimum absolute atomic E-state index is 0.0463. The fraction of sp³-hybridized carbons (Fsp3) is 0.762. The number of Topliss-reactive ketones (excluding diaryl/α,β-unsaturated/α-hetero) is 2. The Bertz CT molecular complexity index is 756. The smallest absolute Gasteiger partial charge is 0.190 e. The molecule has 4 rings (SSSR count). The molecule has 148 valence electrons. The molecule has 4 aliphatic rings. The Morgan fingerprint density at radius 3 is 2.63 bits per heavy atom. The summed E-state index contributed by atoms with van der Waals surface area (Å²) in [5.41, 5.74) is -2.29. The van der Waals surface area contributed by atoms with Crippen molar-refractivity contribution >= 4 is 17.3 Å². The largest absolute Gasteiger partial charge is 0.392 e. The average Bonchev–Trinajstić information content (AvgIpc) is 2.87. The SMILES string of the molecule is C[C@]12CCC(=O)C=C1C[C@@H](O)[C@@H]1[C@@H]2C(=O)C[C@@]2(C)[C@H]1CC[C@]2(O)C(=O)CO. The lowest BCUT2D eigenvalue weighted by Gasteiger charge is -2.59. The van der Waals surface area contributed by atoms with E-state index in [-0.39, 0.29) is 36.2 Å². The molecular formula is C21H28O6. The Kier molecular flexibility index (Phi) is 4.09. The van der Waals surface area contributed by atoms with Gasteiger partial charge in [-0.3, -0.25) is 14.4 Å². The summed E-state index contributed by atoms with van der Waals surface area (Å²) in [6.07, 6.45) is 3.00. The molecule has 0 unspecified atom stereocenters. The zero-order valence-corrected chi connectivity index (χ0v) is 15.9. The standard InChI is InChI=1S/C21H28O6/c1-19-5-3-12(23)7-11(19)8-14(24)17-13-4-6-21(27,16(26)10-22)20(13,2)9-15(25)18(17)19/h7,13-14,17-18,22,24,27H,3-6,8-10H2,1-2H3/t13-,14+,17+,18-,19-,20-,21-/m0/s1. The van der Waals surface area contributed by atoms with E-state index in [0.29, 0.717) is 25.7 Å². The molecule has 0 bridgehead atoms. The van der Waals surface area contributed by atoms with Crippen LogP contribution in [-0.2, 0) is 14.4 Å². The highest BCUT2D eigenvalue weighted by Crippen LogP contribution is 2.66. The molecule has 3 N–H and O–H groups in total. The third-order valence-electron chi connectivity index (χ3n) is 8.44. The summed E-state index contributed by atoms with van der Waals surface area (Å²) in [7, 11) is 0. The number of aliphatic hydroxyl groups excluding tert-OH is 2. The third kappa shape index (κ3) is 2.26. The molecule has 0 amide bonds. The predicted octanol–water partition coefficient (Wildman–Crippen LogP) is 0.961. The molecule has 27 heavy (non-hydrogen) atoms. The van der Waals surface area contributed by atoms with Crippen molar-refractivity contribution in [1.82, 2.24) is 0 Å². The molecule has 6 nitrogen and oxygen atoms in total. The van der Waals surface area contributed by atoms with Gasteiger partial charge in [-0.25, -0.2) is 0 Å². The lowest BCUT2D eigenvalue weighted by molar-refractivity contribution is -0.178. The molecule has 0 radical (unpaired) electrons. The summed E-state index contributed by atoms with van der Waals surface area (Å²) in [6.45, 7) is 3.03. The number of carbonyl (C=O) groups is 3. The van der Waals surface area contributed by atoms with Gasteiger partial charge < -0.3 is 15.3 Å². The van der Waals surface area contributed by atoms with Gasteiger partial charge in [-0.2, -0.15) is 0 Å². The zero-order chi connectivity index (χ0) is 19.8. The molecule has 3 saturated carbocycles. The molecule has 0 heterocycles. The maximum Gasteiger partial charge on any atom is 0.190 e. The second kappa shape index (κ2) is 5.82. The van der Waals surface area contributed by atoms with Crippen LogP contribution in [0.15, 0.2) is 11.6 Å². The zero-order valence-electron chi connectivity index (χ0n) is 15.9. The van der Waals surface area contributed by atoms with Gasteiger partial charge in [0.1, 0.15) is 18.0 Å². The highest BCUT2D eigenvalue weighted by molar-refractivity contribution is 5.94. The van der Waals surface area contributed by atoms with E-state index in [2.05, 4.69) is 0 Å². The van der Waals surface area contributed by atoms with Crippen LogP contribution in [0.5, 0.6) is 0 Å². The number of aliphatic hydroxyl groups is 3. The second-order valence-electron chi connectivity index (χ2n) is 9.53. The molecule has 0 aliphatic heterocycles. The van der Waals surface area contributed by atoms with Gasteiger partial charge in [0, 0.05) is 24.2 Å². The highest BCUT2D eigenvalue weighted by Gasteiger charge is 2.69. The first-order valence-electron chi connectivity index (χ1n) is 9.90. The number of hydrogen-bond donors (Lipinski definition) is 3. The number of fused-ring (bicyclic) bond motifs is 5. The van der Waals surface area contributed by atoms with E-state index >= 15 is 0 Å². The van der Waals surface area contributed by atoms with Crippen molar-refractivity contribution < 1.29 is 29.7 Å². The van der Waals surface area contributed by atoms with E-state index in [9.17, 15) is 29.7 Å². The summed E-state index contributed by atoms with van der Waals surface area (Å²) in [5, 5.41) is 31.5. The third-order valence-corrected chi connectivity index (χ3v) is 8.44. The predicted molar refractivity (Wildman–Crippen MR) is 95.5 cm³/mol. The fourth-order valence-electron chi connectivity index (χ4n) is 6.93. The molecule has 0 aromatic heterocycles. The van der Waals surface area contributed by atoms with E-state index in [0.717, 1.165) is 5.57 Å².